The van der Waals surface area contributed by atoms with Gasteiger partial charge in [0, 0.05) is 10.6 Å². The highest BCUT2D eigenvalue weighted by atomic mass is 32.1. The number of hydrogen-bond donors (Lipinski definition) is 2. The van der Waals surface area contributed by atoms with Gasteiger partial charge < -0.3 is 5.73 Å². The van der Waals surface area contributed by atoms with Crippen LogP contribution >= 0.6 is 12.6 Å². The van der Waals surface area contributed by atoms with Gasteiger partial charge in [0.2, 0.25) is 0 Å². The molecule has 2 rings (SSSR count). The van der Waals surface area contributed by atoms with Crippen molar-refractivity contribution in [1.82, 2.24) is 0 Å². The Morgan fingerprint density at radius 1 is 1.00 bits per heavy atom. The molecular weight excluding hydrogens is 166 g/mol. The molecule has 2 aromatic carbocycles. The summed E-state index contributed by atoms with van der Waals surface area (Å²) in [4.78, 5) is 0.841. The maximum Gasteiger partial charge on any atom is 0.0456 e. The molecule has 0 saturated heterocycles. The van der Waals surface area contributed by atoms with Crippen molar-refractivity contribution < 1.29 is 0 Å². The third-order valence-corrected chi connectivity index (χ3v) is 2.28. The zero-order chi connectivity index (χ0) is 8.55. The Morgan fingerprint density at radius 2 is 1.58 bits per heavy atom. The summed E-state index contributed by atoms with van der Waals surface area (Å²) in [6.07, 6.45) is 0. The van der Waals surface area contributed by atoms with Crippen molar-refractivity contribution >= 4 is 29.1 Å². The van der Waals surface area contributed by atoms with E-state index in [2.05, 4.69) is 18.7 Å². The number of nitrogens with two attached hydrogens (primary N) is 1. The predicted molar refractivity (Wildman–Crippen MR) is 55.6 cm³/mol. The molecule has 2 heteroatoms. The molecule has 0 aliphatic rings. The number of benzene rings is 2. The molecule has 0 heterocycles. The molecule has 0 atom stereocenters. The molecule has 12 heavy (non-hydrogen) atoms. The minimum Gasteiger partial charge on any atom is -0.398 e. The highest BCUT2D eigenvalue weighted by molar-refractivity contribution is 7.80. The summed E-state index contributed by atoms with van der Waals surface area (Å²) in [6.45, 7) is 0. The lowest BCUT2D eigenvalue weighted by Crippen LogP contribution is -1.86. The molecule has 0 aliphatic carbocycles. The quantitative estimate of drug-likeness (QED) is 0.467. The van der Waals surface area contributed by atoms with E-state index in [0.717, 1.165) is 16.0 Å². The summed E-state index contributed by atoms with van der Waals surface area (Å²) in [6, 6.07) is 12.0. The lowest BCUT2D eigenvalue weighted by molar-refractivity contribution is 1.52. The number of nitrogen functional groups attached to an aromatic ring is 1. The van der Waals surface area contributed by atoms with Gasteiger partial charge in [0.1, 0.15) is 0 Å². The zero-order valence-electron chi connectivity index (χ0n) is 6.49. The van der Waals surface area contributed by atoms with E-state index < -0.39 is 0 Å². The minimum absolute atomic E-state index is 0.733. The summed E-state index contributed by atoms with van der Waals surface area (Å²) in [5, 5.41) is 2.34. The second kappa shape index (κ2) is 2.72. The van der Waals surface area contributed by atoms with Crippen LogP contribution in [-0.4, -0.2) is 0 Å². The van der Waals surface area contributed by atoms with E-state index in [1.54, 1.807) is 0 Å². The van der Waals surface area contributed by atoms with Crippen molar-refractivity contribution in [1.29, 1.82) is 0 Å². The smallest absolute Gasteiger partial charge is 0.0456 e. The van der Waals surface area contributed by atoms with Crippen LogP contribution in [0.15, 0.2) is 41.3 Å². The first-order chi connectivity index (χ1) is 5.77. The van der Waals surface area contributed by atoms with Crippen LogP contribution in [0, 0.1) is 0 Å². The molecule has 0 amide bonds. The Balaban J connectivity index is 2.84. The Morgan fingerprint density at radius 3 is 2.25 bits per heavy atom. The maximum absolute atomic E-state index is 5.71. The van der Waals surface area contributed by atoms with Gasteiger partial charge in [0.15, 0.2) is 0 Å². The van der Waals surface area contributed by atoms with Crippen LogP contribution < -0.4 is 5.73 Å². The van der Waals surface area contributed by atoms with E-state index >= 15 is 0 Å². The predicted octanol–water partition coefficient (Wildman–Crippen LogP) is 2.71. The Kier molecular flexibility index (Phi) is 1.70. The maximum atomic E-state index is 5.71. The summed E-state index contributed by atoms with van der Waals surface area (Å²) < 4.78 is 0. The van der Waals surface area contributed by atoms with Crippen molar-refractivity contribution in [3.8, 4) is 0 Å². The van der Waals surface area contributed by atoms with Gasteiger partial charge in [-0.1, -0.05) is 24.3 Å². The second-order valence-electron chi connectivity index (χ2n) is 2.76. The van der Waals surface area contributed by atoms with Crippen molar-refractivity contribution in [3.63, 3.8) is 0 Å². The van der Waals surface area contributed by atoms with Crippen molar-refractivity contribution in [2.45, 2.75) is 4.90 Å². The van der Waals surface area contributed by atoms with Gasteiger partial charge in [-0.15, -0.1) is 12.6 Å². The standard InChI is InChI=1S/C10H9NS/c11-9-5-7-3-1-2-4-8(7)6-10(9)12/h1-6,12H,11H2. The largest absolute Gasteiger partial charge is 0.398 e. The zero-order valence-corrected chi connectivity index (χ0v) is 7.38. The van der Waals surface area contributed by atoms with Crippen molar-refractivity contribution in [3.05, 3.63) is 36.4 Å². The monoisotopic (exact) mass is 175 g/mol. The van der Waals surface area contributed by atoms with Crippen molar-refractivity contribution in [2.24, 2.45) is 0 Å². The third-order valence-electron chi connectivity index (χ3n) is 1.90. The molecule has 0 unspecified atom stereocenters. The molecule has 0 aliphatic heterocycles. The van der Waals surface area contributed by atoms with Gasteiger partial charge in [-0.3, -0.25) is 0 Å². The first-order valence-electron chi connectivity index (χ1n) is 3.74. The Labute approximate surface area is 76.6 Å². The minimum atomic E-state index is 0.733. The average Bonchev–Trinajstić information content (AvgIpc) is 2.07. The molecule has 0 saturated carbocycles. The SMILES string of the molecule is Nc1cc2ccccc2cc1S. The number of anilines is 1. The van der Waals surface area contributed by atoms with E-state index in [1.807, 2.05) is 30.3 Å². The topological polar surface area (TPSA) is 26.0 Å². The molecule has 1 nitrogen and oxygen atoms in total. The van der Waals surface area contributed by atoms with E-state index in [4.69, 9.17) is 5.73 Å². The van der Waals surface area contributed by atoms with Gasteiger partial charge in [0.05, 0.1) is 0 Å². The molecule has 0 aromatic heterocycles. The fourth-order valence-corrected chi connectivity index (χ4v) is 1.45. The summed E-state index contributed by atoms with van der Waals surface area (Å²) in [5.74, 6) is 0. The first-order valence-corrected chi connectivity index (χ1v) is 4.19. The van der Waals surface area contributed by atoms with Crippen LogP contribution in [0.25, 0.3) is 10.8 Å². The normalized spacial score (nSPS) is 10.4. The lowest BCUT2D eigenvalue weighted by Gasteiger charge is -2.01. The highest BCUT2D eigenvalue weighted by Gasteiger charge is 1.96. The van der Waals surface area contributed by atoms with E-state index in [0.29, 0.717) is 0 Å². The van der Waals surface area contributed by atoms with Gasteiger partial charge in [-0.2, -0.15) is 0 Å². The molecule has 2 N–H and O–H groups in total. The van der Waals surface area contributed by atoms with Crippen LogP contribution in [0.4, 0.5) is 5.69 Å². The van der Waals surface area contributed by atoms with Crippen LogP contribution in [0.2, 0.25) is 0 Å². The fraction of sp³-hybridized carbons (Fsp3) is 0. The highest BCUT2D eigenvalue weighted by Crippen LogP contribution is 2.23. The number of thiol groups is 1. The van der Waals surface area contributed by atoms with E-state index in [1.165, 1.54) is 5.39 Å². The number of rotatable bonds is 0. The molecule has 2 aromatic rings. The summed E-state index contributed by atoms with van der Waals surface area (Å²) in [7, 11) is 0. The van der Waals surface area contributed by atoms with Gasteiger partial charge in [-0.05, 0) is 22.9 Å². The summed E-state index contributed by atoms with van der Waals surface area (Å²) in [5.41, 5.74) is 6.44. The molecule has 0 radical (unpaired) electrons. The molecule has 60 valence electrons. The van der Waals surface area contributed by atoms with Gasteiger partial charge >= 0.3 is 0 Å². The van der Waals surface area contributed by atoms with Gasteiger partial charge in [-0.25, -0.2) is 0 Å². The number of fused-ring (bicyclic) bond motifs is 1. The first kappa shape index (κ1) is 7.50. The van der Waals surface area contributed by atoms with E-state index in [-0.39, 0.29) is 0 Å². The number of hydrogen-bond acceptors (Lipinski definition) is 2. The second-order valence-corrected chi connectivity index (χ2v) is 3.24. The van der Waals surface area contributed by atoms with Crippen LogP contribution in [0.1, 0.15) is 0 Å². The Bertz CT molecular complexity index is 383. The third kappa shape index (κ3) is 1.14. The van der Waals surface area contributed by atoms with Gasteiger partial charge in [0.25, 0.3) is 0 Å². The van der Waals surface area contributed by atoms with Crippen LogP contribution in [0.3, 0.4) is 0 Å². The fourth-order valence-electron chi connectivity index (χ4n) is 1.25. The molecular formula is C10H9NS. The molecule has 0 fully saturated rings. The van der Waals surface area contributed by atoms with Crippen molar-refractivity contribution in [2.75, 3.05) is 5.73 Å². The van der Waals surface area contributed by atoms with Crippen LogP contribution in [0.5, 0.6) is 0 Å². The van der Waals surface area contributed by atoms with Crippen LogP contribution in [-0.2, 0) is 0 Å². The van der Waals surface area contributed by atoms with E-state index in [9.17, 15) is 0 Å². The summed E-state index contributed by atoms with van der Waals surface area (Å²) >= 11 is 4.25. The molecule has 0 spiro atoms. The molecule has 0 bridgehead atoms. The average molecular weight is 175 g/mol. The lowest BCUT2D eigenvalue weighted by atomic mass is 10.1. The Hall–Kier alpha value is -1.15.